The monoisotopic (exact) mass is 552 g/mol. The number of nitrogens with zero attached hydrogens (tertiary/aromatic N) is 5. The zero-order valence-corrected chi connectivity index (χ0v) is 22.7. The average molecular weight is 553 g/mol. The molecule has 2 unspecified atom stereocenters. The van der Waals surface area contributed by atoms with Crippen LogP contribution in [0.5, 0.6) is 11.5 Å². The molecule has 14 heteroatoms. The number of sulfonamides is 1. The van der Waals surface area contributed by atoms with Gasteiger partial charge in [0, 0.05) is 32.0 Å². The fourth-order valence-corrected chi connectivity index (χ4v) is 5.30. The van der Waals surface area contributed by atoms with Crippen LogP contribution in [0.15, 0.2) is 30.6 Å². The Morgan fingerprint density at radius 2 is 1.78 bits per heavy atom. The zero-order valence-electron chi connectivity index (χ0n) is 21.1. The molecular formula is C23H29ClN6O6S. The van der Waals surface area contributed by atoms with Crippen LogP contribution in [-0.2, 0) is 19.5 Å². The van der Waals surface area contributed by atoms with Gasteiger partial charge < -0.3 is 18.9 Å². The van der Waals surface area contributed by atoms with Crippen molar-refractivity contribution in [3.63, 3.8) is 0 Å². The molecule has 200 valence electrons. The van der Waals surface area contributed by atoms with Crippen molar-refractivity contribution in [2.24, 2.45) is 0 Å². The molecule has 4 atom stereocenters. The van der Waals surface area contributed by atoms with E-state index < -0.39 is 21.4 Å². The Kier molecular flexibility index (Phi) is 8.17. The van der Waals surface area contributed by atoms with Crippen LogP contribution in [0.3, 0.4) is 0 Å². The maximum atomic E-state index is 13.6. The lowest BCUT2D eigenvalue weighted by Crippen LogP contribution is -2.33. The summed E-state index contributed by atoms with van der Waals surface area (Å²) in [6.45, 7) is 3.96. The first-order valence-electron chi connectivity index (χ1n) is 11.6. The molecule has 1 saturated carbocycles. The van der Waals surface area contributed by atoms with Crippen molar-refractivity contribution >= 4 is 27.6 Å². The van der Waals surface area contributed by atoms with Crippen LogP contribution in [0.4, 0.5) is 5.95 Å². The number of hydrogen-bond acceptors (Lipinski definition) is 10. The lowest BCUT2D eigenvalue weighted by atomic mass is 10.2. The second kappa shape index (κ2) is 11.2. The summed E-state index contributed by atoms with van der Waals surface area (Å²) in [6, 6.07) is 5.26. The Morgan fingerprint density at radius 1 is 1.14 bits per heavy atom. The van der Waals surface area contributed by atoms with Crippen molar-refractivity contribution in [3.8, 4) is 17.2 Å². The molecule has 4 rings (SSSR count). The van der Waals surface area contributed by atoms with E-state index in [4.69, 9.17) is 30.5 Å². The Morgan fingerprint density at radius 3 is 2.35 bits per heavy atom. The number of ether oxygens (including phenoxy) is 4. The molecule has 0 bridgehead atoms. The molecular weight excluding hydrogens is 524 g/mol. The minimum atomic E-state index is -4.09. The normalized spacial score (nSPS) is 18.8. The van der Waals surface area contributed by atoms with Gasteiger partial charge in [-0.15, -0.1) is 10.2 Å². The van der Waals surface area contributed by atoms with Gasteiger partial charge in [-0.05, 0) is 32.4 Å². The Labute approximate surface area is 220 Å². The Balaban J connectivity index is 1.76. The number of nitrogens with one attached hydrogen (secondary N) is 1. The number of methoxy groups -OCH3 is 3. The van der Waals surface area contributed by atoms with Gasteiger partial charge in [-0.2, -0.15) is 0 Å². The minimum Gasteiger partial charge on any atom is -0.494 e. The van der Waals surface area contributed by atoms with Crippen LogP contribution in [0.2, 0.25) is 5.02 Å². The van der Waals surface area contributed by atoms with E-state index in [-0.39, 0.29) is 23.8 Å². The molecule has 0 radical (unpaired) electrons. The quantitative estimate of drug-likeness (QED) is 0.356. The summed E-state index contributed by atoms with van der Waals surface area (Å²) in [4.78, 5) is 8.25. The summed E-state index contributed by atoms with van der Waals surface area (Å²) in [6.07, 6.45) is 2.47. The molecule has 1 aliphatic rings. The van der Waals surface area contributed by atoms with Crippen molar-refractivity contribution < 1.29 is 27.4 Å². The van der Waals surface area contributed by atoms with Gasteiger partial charge in [0.05, 0.1) is 25.3 Å². The molecule has 0 amide bonds. The summed E-state index contributed by atoms with van der Waals surface area (Å²) < 4.78 is 53.7. The third-order valence-electron chi connectivity index (χ3n) is 6.06. The molecule has 37 heavy (non-hydrogen) atoms. The standard InChI is InChI=1S/C23H29ClN6O6S/c1-6-36-18-10-15(18)22-27-28-23(30(22)19-16(33-3)8-7-9-17(19)34-4)29-37(31,32)13(2)20(35-5)21-25-11-14(24)12-26-21/h7-9,11-13,15,18,20H,6,10H2,1-5H3,(H,28,29)/t13?,15-,18+,20?/m0/s1. The lowest BCUT2D eigenvalue weighted by molar-refractivity contribution is 0.0950. The first-order chi connectivity index (χ1) is 17.7. The topological polar surface area (TPSA) is 140 Å². The molecule has 1 N–H and O–H groups in total. The third kappa shape index (κ3) is 5.49. The summed E-state index contributed by atoms with van der Waals surface area (Å²) in [7, 11) is 0.327. The van der Waals surface area contributed by atoms with Crippen LogP contribution >= 0.6 is 11.6 Å². The molecule has 12 nitrogen and oxygen atoms in total. The number of benzene rings is 1. The van der Waals surface area contributed by atoms with Crippen molar-refractivity contribution in [1.29, 1.82) is 0 Å². The summed E-state index contributed by atoms with van der Waals surface area (Å²) in [5, 5.41) is 7.76. The number of aromatic nitrogens is 5. The van der Waals surface area contributed by atoms with Crippen LogP contribution in [0, 0.1) is 0 Å². The second-order valence-corrected chi connectivity index (χ2v) is 10.8. The Bertz CT molecular complexity index is 1310. The van der Waals surface area contributed by atoms with Crippen LogP contribution in [0.25, 0.3) is 5.69 Å². The van der Waals surface area contributed by atoms with Gasteiger partial charge in [-0.3, -0.25) is 9.29 Å². The number of hydrogen-bond donors (Lipinski definition) is 1. The van der Waals surface area contributed by atoms with E-state index in [1.54, 1.807) is 22.8 Å². The summed E-state index contributed by atoms with van der Waals surface area (Å²) in [5.74, 6) is 1.50. The van der Waals surface area contributed by atoms with E-state index in [9.17, 15) is 8.42 Å². The molecule has 2 aromatic heterocycles. The predicted octanol–water partition coefficient (Wildman–Crippen LogP) is 3.14. The summed E-state index contributed by atoms with van der Waals surface area (Å²) in [5.41, 5.74) is 0.462. The Hall–Kier alpha value is -3.00. The fraction of sp³-hybridized carbons (Fsp3) is 0.478. The first kappa shape index (κ1) is 27.0. The molecule has 0 aliphatic heterocycles. The molecule has 1 aliphatic carbocycles. The molecule has 1 aromatic carbocycles. The van der Waals surface area contributed by atoms with E-state index in [1.165, 1.54) is 40.6 Å². The minimum absolute atomic E-state index is 0.0290. The highest BCUT2D eigenvalue weighted by Crippen LogP contribution is 2.46. The highest BCUT2D eigenvalue weighted by molar-refractivity contribution is 7.93. The fourth-order valence-electron chi connectivity index (χ4n) is 4.08. The molecule has 0 spiro atoms. The third-order valence-corrected chi connectivity index (χ3v) is 7.94. The van der Waals surface area contributed by atoms with Gasteiger partial charge >= 0.3 is 0 Å². The first-order valence-corrected chi connectivity index (χ1v) is 13.5. The number of para-hydroxylation sites is 1. The van der Waals surface area contributed by atoms with Crippen molar-refractivity contribution in [3.05, 3.63) is 47.3 Å². The zero-order chi connectivity index (χ0) is 26.7. The van der Waals surface area contributed by atoms with Gasteiger partial charge in [0.2, 0.25) is 16.0 Å². The van der Waals surface area contributed by atoms with Crippen molar-refractivity contribution in [2.75, 3.05) is 32.7 Å². The molecule has 3 aromatic rings. The maximum Gasteiger partial charge on any atom is 0.243 e. The van der Waals surface area contributed by atoms with Gasteiger partial charge in [0.1, 0.15) is 34.4 Å². The van der Waals surface area contributed by atoms with Crippen molar-refractivity contribution in [1.82, 2.24) is 24.7 Å². The molecule has 1 fully saturated rings. The molecule has 0 saturated heterocycles. The number of anilines is 1. The average Bonchev–Trinajstić information content (AvgIpc) is 3.54. The summed E-state index contributed by atoms with van der Waals surface area (Å²) >= 11 is 5.88. The van der Waals surface area contributed by atoms with Crippen LogP contribution in [0.1, 0.15) is 43.9 Å². The largest absolute Gasteiger partial charge is 0.494 e. The van der Waals surface area contributed by atoms with E-state index >= 15 is 0 Å². The lowest BCUT2D eigenvalue weighted by Gasteiger charge is -2.23. The van der Waals surface area contributed by atoms with Crippen LogP contribution in [-0.4, -0.2) is 72.4 Å². The number of rotatable bonds is 12. The molecule has 2 heterocycles. The maximum absolute atomic E-state index is 13.6. The van der Waals surface area contributed by atoms with Gasteiger partial charge in [0.15, 0.2) is 5.82 Å². The van der Waals surface area contributed by atoms with Crippen LogP contribution < -0.4 is 14.2 Å². The van der Waals surface area contributed by atoms with E-state index in [0.29, 0.717) is 34.6 Å². The van der Waals surface area contributed by atoms with Gasteiger partial charge in [-0.25, -0.2) is 18.4 Å². The smallest absolute Gasteiger partial charge is 0.243 e. The van der Waals surface area contributed by atoms with Crippen molar-refractivity contribution in [2.45, 2.75) is 43.6 Å². The highest BCUT2D eigenvalue weighted by Gasteiger charge is 2.45. The SMILES string of the molecule is CCO[C@@H]1C[C@@H]1c1nnc(NS(=O)(=O)C(C)C(OC)c2ncc(Cl)cn2)n1-c1c(OC)cccc1OC. The highest BCUT2D eigenvalue weighted by atomic mass is 35.5. The van der Waals surface area contributed by atoms with Gasteiger partial charge in [-0.1, -0.05) is 17.7 Å². The van der Waals surface area contributed by atoms with E-state index in [2.05, 4.69) is 24.9 Å². The predicted molar refractivity (Wildman–Crippen MR) is 136 cm³/mol. The number of halogens is 1. The second-order valence-electron chi connectivity index (χ2n) is 8.33. The van der Waals surface area contributed by atoms with Gasteiger partial charge in [0.25, 0.3) is 0 Å². The van der Waals surface area contributed by atoms with E-state index in [1.807, 2.05) is 6.92 Å². The van der Waals surface area contributed by atoms with E-state index in [0.717, 1.165) is 6.42 Å².